The Kier molecular flexibility index (Phi) is 6.50. The molecule has 2 aromatic carbocycles. The highest BCUT2D eigenvalue weighted by molar-refractivity contribution is 5.88. The Labute approximate surface area is 187 Å². The summed E-state index contributed by atoms with van der Waals surface area (Å²) in [5.74, 6) is 1.70. The van der Waals surface area contributed by atoms with Gasteiger partial charge in [0.15, 0.2) is 11.5 Å². The lowest BCUT2D eigenvalue weighted by molar-refractivity contribution is -0.121. The summed E-state index contributed by atoms with van der Waals surface area (Å²) in [6.45, 7) is 2.49. The number of aryl methyl sites for hydroxylation is 1. The number of aromatic nitrogens is 1. The maximum absolute atomic E-state index is 13.0. The average Bonchev–Trinajstić information content (AvgIpc) is 3.50. The Hall–Kier alpha value is -3.67. The van der Waals surface area contributed by atoms with E-state index in [9.17, 15) is 4.79 Å². The zero-order valence-corrected chi connectivity index (χ0v) is 18.6. The topological polar surface area (TPSA) is 76.5 Å². The van der Waals surface area contributed by atoms with Crippen LogP contribution in [-0.2, 0) is 17.8 Å². The van der Waals surface area contributed by atoms with E-state index in [2.05, 4.69) is 35.4 Å². The number of H-pyrrole nitrogens is 1. The predicted molar refractivity (Wildman–Crippen MR) is 124 cm³/mol. The van der Waals surface area contributed by atoms with Gasteiger partial charge >= 0.3 is 0 Å². The summed E-state index contributed by atoms with van der Waals surface area (Å²) in [5, 5.41) is 4.08. The summed E-state index contributed by atoms with van der Waals surface area (Å²) in [4.78, 5) is 16.4. The number of carbonyl (C=O) groups excluding carboxylic acids is 1. The second kappa shape index (κ2) is 9.64. The zero-order valence-electron chi connectivity index (χ0n) is 18.6. The number of furan rings is 1. The van der Waals surface area contributed by atoms with Crippen molar-refractivity contribution in [2.24, 2.45) is 0 Å². The van der Waals surface area contributed by atoms with Crippen molar-refractivity contribution < 1.29 is 18.7 Å². The van der Waals surface area contributed by atoms with Crippen molar-refractivity contribution in [3.05, 3.63) is 83.4 Å². The van der Waals surface area contributed by atoms with Crippen molar-refractivity contribution in [2.75, 3.05) is 14.2 Å². The molecule has 1 atom stereocenters. The number of aromatic amines is 1. The van der Waals surface area contributed by atoms with E-state index in [1.54, 1.807) is 20.5 Å². The van der Waals surface area contributed by atoms with Crippen LogP contribution in [0.1, 0.15) is 41.7 Å². The van der Waals surface area contributed by atoms with Crippen LogP contribution in [-0.4, -0.2) is 25.1 Å². The molecule has 32 heavy (non-hydrogen) atoms. The molecule has 6 nitrogen and oxygen atoms in total. The van der Waals surface area contributed by atoms with Crippen molar-refractivity contribution in [3.8, 4) is 11.5 Å². The first-order chi connectivity index (χ1) is 15.7. The Morgan fingerprint density at radius 3 is 2.62 bits per heavy atom. The molecule has 0 aliphatic carbocycles. The first kappa shape index (κ1) is 21.6. The number of carbonyl (C=O) groups is 1. The molecule has 0 bridgehead atoms. The van der Waals surface area contributed by atoms with Gasteiger partial charge in [0.05, 0.1) is 27.0 Å². The van der Waals surface area contributed by atoms with Crippen molar-refractivity contribution in [3.63, 3.8) is 0 Å². The van der Waals surface area contributed by atoms with Gasteiger partial charge in [-0.25, -0.2) is 0 Å². The third kappa shape index (κ3) is 4.21. The third-order valence-electron chi connectivity index (χ3n) is 5.83. The van der Waals surface area contributed by atoms with E-state index < -0.39 is 0 Å². The second-order valence-electron chi connectivity index (χ2n) is 7.63. The fraction of sp³-hybridized carbons (Fsp3) is 0.269. The number of methoxy groups -OCH3 is 2. The fourth-order valence-corrected chi connectivity index (χ4v) is 4.25. The smallest absolute Gasteiger partial charge is 0.221 e. The number of rotatable bonds is 9. The molecule has 0 fully saturated rings. The Morgan fingerprint density at radius 2 is 1.91 bits per heavy atom. The number of nitrogens with one attached hydrogen (secondary N) is 2. The number of fused-ring (bicyclic) bond motifs is 1. The van der Waals surface area contributed by atoms with Crippen LogP contribution in [0.15, 0.2) is 65.4 Å². The van der Waals surface area contributed by atoms with Crippen LogP contribution in [0.2, 0.25) is 0 Å². The normalized spacial score (nSPS) is 12.0. The Morgan fingerprint density at radius 1 is 1.06 bits per heavy atom. The van der Waals surface area contributed by atoms with Gasteiger partial charge < -0.3 is 24.2 Å². The van der Waals surface area contributed by atoms with Crippen LogP contribution in [0, 0.1) is 0 Å². The second-order valence-corrected chi connectivity index (χ2v) is 7.63. The van der Waals surface area contributed by atoms with Gasteiger partial charge in [0.25, 0.3) is 0 Å². The van der Waals surface area contributed by atoms with Crippen LogP contribution >= 0.6 is 0 Å². The summed E-state index contributed by atoms with van der Waals surface area (Å²) in [5.41, 5.74) is 4.30. The van der Waals surface area contributed by atoms with E-state index in [1.807, 2.05) is 36.5 Å². The fourth-order valence-electron chi connectivity index (χ4n) is 4.25. The summed E-state index contributed by atoms with van der Waals surface area (Å²) in [6, 6.07) is 15.7. The number of para-hydroxylation sites is 2. The van der Waals surface area contributed by atoms with Crippen LogP contribution in [0.3, 0.4) is 0 Å². The minimum atomic E-state index is -0.225. The molecular weight excluding hydrogens is 404 g/mol. The van der Waals surface area contributed by atoms with Gasteiger partial charge in [-0.3, -0.25) is 4.79 Å². The molecule has 4 rings (SSSR count). The molecule has 4 aromatic rings. The molecule has 166 valence electrons. The van der Waals surface area contributed by atoms with Crippen molar-refractivity contribution in [1.29, 1.82) is 0 Å². The standard InChI is InChI=1S/C26H28N2O4/c1-4-17-8-5-10-19-22(16-28-25(17)19)21(14-24(29)27-15-18-9-7-13-32-18)20-11-6-12-23(30-2)26(20)31-3/h5-13,16,21,28H,4,14-15H2,1-3H3,(H,27,29). The summed E-state index contributed by atoms with van der Waals surface area (Å²) >= 11 is 0. The number of ether oxygens (including phenoxy) is 2. The van der Waals surface area contributed by atoms with Gasteiger partial charge in [-0.1, -0.05) is 37.3 Å². The maximum Gasteiger partial charge on any atom is 0.221 e. The van der Waals surface area contributed by atoms with Crippen LogP contribution < -0.4 is 14.8 Å². The lowest BCUT2D eigenvalue weighted by Gasteiger charge is -2.21. The Bertz CT molecular complexity index is 1190. The molecule has 2 heterocycles. The van der Waals surface area contributed by atoms with Gasteiger partial charge in [-0.15, -0.1) is 0 Å². The van der Waals surface area contributed by atoms with Gasteiger partial charge in [0.1, 0.15) is 5.76 Å². The molecule has 0 aliphatic heterocycles. The first-order valence-electron chi connectivity index (χ1n) is 10.7. The predicted octanol–water partition coefficient (Wildman–Crippen LogP) is 5.18. The molecule has 0 saturated carbocycles. The van der Waals surface area contributed by atoms with E-state index in [4.69, 9.17) is 13.9 Å². The lowest BCUT2D eigenvalue weighted by Crippen LogP contribution is -2.25. The minimum absolute atomic E-state index is 0.0720. The Balaban J connectivity index is 1.75. The summed E-state index contributed by atoms with van der Waals surface area (Å²) < 4.78 is 16.6. The summed E-state index contributed by atoms with van der Waals surface area (Å²) in [6.07, 6.45) is 4.79. The number of hydrogen-bond acceptors (Lipinski definition) is 4. The quantitative estimate of drug-likeness (QED) is 0.382. The van der Waals surface area contributed by atoms with Crippen molar-refractivity contribution >= 4 is 16.8 Å². The molecule has 2 N–H and O–H groups in total. The van der Waals surface area contributed by atoms with E-state index in [0.29, 0.717) is 23.8 Å². The molecule has 1 unspecified atom stereocenters. The molecule has 2 aromatic heterocycles. The van der Waals surface area contributed by atoms with Crippen LogP contribution in [0.25, 0.3) is 10.9 Å². The molecule has 6 heteroatoms. The highest BCUT2D eigenvalue weighted by Gasteiger charge is 2.26. The van der Waals surface area contributed by atoms with Gasteiger partial charge in [-0.2, -0.15) is 0 Å². The van der Waals surface area contributed by atoms with E-state index in [1.165, 1.54) is 5.56 Å². The highest BCUT2D eigenvalue weighted by atomic mass is 16.5. The molecular formula is C26H28N2O4. The minimum Gasteiger partial charge on any atom is -0.493 e. The molecule has 1 amide bonds. The van der Waals surface area contributed by atoms with Gasteiger partial charge in [0.2, 0.25) is 5.91 Å². The van der Waals surface area contributed by atoms with Crippen molar-refractivity contribution in [1.82, 2.24) is 10.3 Å². The third-order valence-corrected chi connectivity index (χ3v) is 5.83. The molecule has 0 aliphatic rings. The molecule has 0 radical (unpaired) electrons. The van der Waals surface area contributed by atoms with Crippen molar-refractivity contribution in [2.45, 2.75) is 32.2 Å². The monoisotopic (exact) mass is 432 g/mol. The van der Waals surface area contributed by atoms with Crippen LogP contribution in [0.5, 0.6) is 11.5 Å². The van der Waals surface area contributed by atoms with E-state index in [0.717, 1.165) is 28.5 Å². The number of amides is 1. The van der Waals surface area contributed by atoms with E-state index in [-0.39, 0.29) is 18.2 Å². The zero-order chi connectivity index (χ0) is 22.5. The first-order valence-corrected chi connectivity index (χ1v) is 10.7. The van der Waals surface area contributed by atoms with Gasteiger partial charge in [-0.05, 0) is 35.7 Å². The van der Waals surface area contributed by atoms with Gasteiger partial charge in [0, 0.05) is 35.0 Å². The largest absolute Gasteiger partial charge is 0.493 e. The maximum atomic E-state index is 13.0. The number of benzene rings is 2. The summed E-state index contributed by atoms with van der Waals surface area (Å²) in [7, 11) is 3.24. The molecule has 0 spiro atoms. The van der Waals surface area contributed by atoms with Crippen LogP contribution in [0.4, 0.5) is 0 Å². The number of hydrogen-bond donors (Lipinski definition) is 2. The lowest BCUT2D eigenvalue weighted by atomic mass is 9.86. The highest BCUT2D eigenvalue weighted by Crippen LogP contribution is 2.42. The SMILES string of the molecule is CCc1cccc2c(C(CC(=O)NCc3ccco3)c3cccc(OC)c3OC)c[nH]c12. The molecule has 0 saturated heterocycles. The average molecular weight is 433 g/mol. The van der Waals surface area contributed by atoms with E-state index >= 15 is 0 Å².